The molecule has 0 saturated heterocycles. The van der Waals surface area contributed by atoms with Crippen molar-refractivity contribution in [2.45, 2.75) is 76.3 Å². The molecule has 0 heterocycles. The molecule has 2 heteroatoms. The van der Waals surface area contributed by atoms with E-state index >= 15 is 0 Å². The lowest BCUT2D eigenvalue weighted by molar-refractivity contribution is 0.197. The zero-order valence-electron chi connectivity index (χ0n) is 13.2. The Kier molecular flexibility index (Phi) is 5.39. The third-order valence-electron chi connectivity index (χ3n) is 5.57. The molecular weight excluding hydrogens is 322 g/mol. The van der Waals surface area contributed by atoms with E-state index in [1.165, 1.54) is 61.4 Å². The van der Waals surface area contributed by atoms with E-state index in [-0.39, 0.29) is 0 Å². The van der Waals surface area contributed by atoms with Gasteiger partial charge < -0.3 is 5.32 Å². The van der Waals surface area contributed by atoms with E-state index in [0.29, 0.717) is 0 Å². The number of benzene rings is 1. The monoisotopic (exact) mass is 349 g/mol. The van der Waals surface area contributed by atoms with Crippen molar-refractivity contribution in [2.75, 3.05) is 0 Å². The average Bonchev–Trinajstić information content (AvgIpc) is 2.47. The van der Waals surface area contributed by atoms with Crippen molar-refractivity contribution in [1.29, 1.82) is 0 Å². The molecule has 0 aliphatic heterocycles. The molecule has 1 nitrogen and oxygen atoms in total. The number of hydrogen-bond donors (Lipinski definition) is 1. The minimum Gasteiger partial charge on any atom is -0.311 e. The van der Waals surface area contributed by atoms with Gasteiger partial charge in [0.1, 0.15) is 0 Å². The van der Waals surface area contributed by atoms with Crippen LogP contribution in [0.3, 0.4) is 0 Å². The highest BCUT2D eigenvalue weighted by molar-refractivity contribution is 9.10. The summed E-state index contributed by atoms with van der Waals surface area (Å²) in [5, 5.41) is 3.98. The Bertz CT molecular complexity index is 447. The number of nitrogens with one attached hydrogen (secondary N) is 1. The van der Waals surface area contributed by atoms with Gasteiger partial charge in [-0.3, -0.25) is 0 Å². The third-order valence-corrected chi connectivity index (χ3v) is 6.06. The van der Waals surface area contributed by atoms with Crippen LogP contribution in [0.2, 0.25) is 0 Å². The molecule has 0 amide bonds. The highest BCUT2D eigenvalue weighted by Gasteiger charge is 2.33. The summed E-state index contributed by atoms with van der Waals surface area (Å²) in [5.74, 6) is 1.71. The lowest BCUT2D eigenvalue weighted by Crippen LogP contribution is -2.48. The van der Waals surface area contributed by atoms with Gasteiger partial charge in [-0.25, -0.2) is 0 Å². The predicted octanol–water partition coefficient (Wildman–Crippen LogP) is 5.64. The smallest absolute Gasteiger partial charge is 0.0178 e. The molecule has 1 aromatic carbocycles. The first-order chi connectivity index (χ1) is 10.3. The van der Waals surface area contributed by atoms with Crippen LogP contribution < -0.4 is 5.32 Å². The minimum atomic E-state index is 0.751. The lowest BCUT2D eigenvalue weighted by atomic mass is 9.74. The van der Waals surface area contributed by atoms with Crippen molar-refractivity contribution in [3.8, 4) is 0 Å². The Balaban J connectivity index is 1.49. The number of hydrogen-bond acceptors (Lipinski definition) is 1. The van der Waals surface area contributed by atoms with Gasteiger partial charge in [-0.05, 0) is 61.6 Å². The van der Waals surface area contributed by atoms with Gasteiger partial charge in [-0.15, -0.1) is 0 Å². The SMILES string of the molecule is CCC(NC1CC(c2cccc(Br)c2)C1)C1CCCCC1. The van der Waals surface area contributed by atoms with Crippen LogP contribution >= 0.6 is 15.9 Å². The minimum absolute atomic E-state index is 0.751. The van der Waals surface area contributed by atoms with Crippen LogP contribution in [0.1, 0.15) is 69.8 Å². The van der Waals surface area contributed by atoms with Crippen LogP contribution in [0.4, 0.5) is 0 Å². The Morgan fingerprint density at radius 1 is 1.19 bits per heavy atom. The summed E-state index contributed by atoms with van der Waals surface area (Å²) < 4.78 is 1.21. The molecule has 1 N–H and O–H groups in total. The van der Waals surface area contributed by atoms with Crippen LogP contribution in [0.15, 0.2) is 28.7 Å². The summed E-state index contributed by atoms with van der Waals surface area (Å²) in [6, 6.07) is 10.4. The van der Waals surface area contributed by atoms with Crippen molar-refractivity contribution in [1.82, 2.24) is 5.32 Å². The van der Waals surface area contributed by atoms with E-state index < -0.39 is 0 Å². The molecule has 1 atom stereocenters. The molecule has 2 aliphatic carbocycles. The predicted molar refractivity (Wildman–Crippen MR) is 93.7 cm³/mol. The molecule has 1 aromatic rings. The fourth-order valence-corrected chi connectivity index (χ4v) is 4.63. The number of halogens is 1. The molecule has 0 bridgehead atoms. The second-order valence-corrected chi connectivity index (χ2v) is 7.92. The zero-order chi connectivity index (χ0) is 14.7. The maximum absolute atomic E-state index is 3.98. The van der Waals surface area contributed by atoms with Crippen molar-refractivity contribution >= 4 is 15.9 Å². The second kappa shape index (κ2) is 7.28. The van der Waals surface area contributed by atoms with Crippen molar-refractivity contribution in [3.05, 3.63) is 34.3 Å². The van der Waals surface area contributed by atoms with Gasteiger partial charge in [0, 0.05) is 16.6 Å². The first-order valence-electron chi connectivity index (χ1n) is 8.77. The maximum Gasteiger partial charge on any atom is 0.0178 e. The molecule has 0 spiro atoms. The molecule has 2 fully saturated rings. The van der Waals surface area contributed by atoms with Crippen LogP contribution in [-0.2, 0) is 0 Å². The maximum atomic E-state index is 3.98. The van der Waals surface area contributed by atoms with E-state index in [0.717, 1.165) is 23.9 Å². The normalized spacial score (nSPS) is 28.1. The molecule has 0 aromatic heterocycles. The fourth-order valence-electron chi connectivity index (χ4n) is 4.21. The highest BCUT2D eigenvalue weighted by atomic mass is 79.9. The summed E-state index contributed by atoms with van der Waals surface area (Å²) >= 11 is 3.59. The summed E-state index contributed by atoms with van der Waals surface area (Å²) in [5.41, 5.74) is 1.51. The average molecular weight is 350 g/mol. The summed E-state index contributed by atoms with van der Waals surface area (Å²) in [6.07, 6.45) is 11.2. The molecule has 2 saturated carbocycles. The largest absolute Gasteiger partial charge is 0.311 e. The number of rotatable bonds is 5. The van der Waals surface area contributed by atoms with Gasteiger partial charge >= 0.3 is 0 Å². The Morgan fingerprint density at radius 2 is 1.95 bits per heavy atom. The second-order valence-electron chi connectivity index (χ2n) is 7.00. The lowest BCUT2D eigenvalue weighted by Gasteiger charge is -2.41. The van der Waals surface area contributed by atoms with Crippen LogP contribution in [-0.4, -0.2) is 12.1 Å². The Morgan fingerprint density at radius 3 is 2.62 bits per heavy atom. The van der Waals surface area contributed by atoms with E-state index in [1.807, 2.05) is 0 Å². The fraction of sp³-hybridized carbons (Fsp3) is 0.684. The van der Waals surface area contributed by atoms with Gasteiger partial charge in [-0.1, -0.05) is 54.2 Å². The Hall–Kier alpha value is -0.340. The molecule has 21 heavy (non-hydrogen) atoms. The molecule has 0 radical (unpaired) electrons. The standard InChI is InChI=1S/C19H28BrN/c1-2-19(14-7-4-3-5-8-14)21-18-12-16(13-18)15-9-6-10-17(20)11-15/h6,9-11,14,16,18-19,21H,2-5,7-8,12-13H2,1H3. The van der Waals surface area contributed by atoms with Crippen LogP contribution in [0.25, 0.3) is 0 Å². The van der Waals surface area contributed by atoms with Gasteiger partial charge in [0.2, 0.25) is 0 Å². The van der Waals surface area contributed by atoms with Crippen LogP contribution in [0.5, 0.6) is 0 Å². The highest BCUT2D eigenvalue weighted by Crippen LogP contribution is 2.39. The summed E-state index contributed by atoms with van der Waals surface area (Å²) in [4.78, 5) is 0. The van der Waals surface area contributed by atoms with Gasteiger partial charge in [-0.2, -0.15) is 0 Å². The Labute approximate surface area is 138 Å². The van der Waals surface area contributed by atoms with E-state index in [1.54, 1.807) is 0 Å². The molecule has 3 rings (SSSR count). The molecule has 2 aliphatic rings. The van der Waals surface area contributed by atoms with Crippen molar-refractivity contribution in [3.63, 3.8) is 0 Å². The first kappa shape index (κ1) is 15.6. The zero-order valence-corrected chi connectivity index (χ0v) is 14.7. The van der Waals surface area contributed by atoms with Crippen molar-refractivity contribution < 1.29 is 0 Å². The third kappa shape index (κ3) is 3.90. The van der Waals surface area contributed by atoms with Crippen molar-refractivity contribution in [2.24, 2.45) is 5.92 Å². The van der Waals surface area contributed by atoms with E-state index in [2.05, 4.69) is 52.4 Å². The quantitative estimate of drug-likeness (QED) is 0.724. The van der Waals surface area contributed by atoms with Gasteiger partial charge in [0.05, 0.1) is 0 Å². The van der Waals surface area contributed by atoms with Gasteiger partial charge in [0.25, 0.3) is 0 Å². The molecular formula is C19H28BrN. The van der Waals surface area contributed by atoms with E-state index in [9.17, 15) is 0 Å². The topological polar surface area (TPSA) is 12.0 Å². The molecule has 116 valence electrons. The molecule has 1 unspecified atom stereocenters. The van der Waals surface area contributed by atoms with Gasteiger partial charge in [0.15, 0.2) is 0 Å². The van der Waals surface area contributed by atoms with Crippen LogP contribution in [0, 0.1) is 5.92 Å². The summed E-state index contributed by atoms with van der Waals surface area (Å²) in [7, 11) is 0. The van der Waals surface area contributed by atoms with E-state index in [4.69, 9.17) is 0 Å². The summed E-state index contributed by atoms with van der Waals surface area (Å²) in [6.45, 7) is 2.36. The first-order valence-corrected chi connectivity index (χ1v) is 9.57.